The number of aryl methyl sites for hydroxylation is 1. The van der Waals surface area contributed by atoms with Gasteiger partial charge in [0.05, 0.1) is 30.4 Å². The van der Waals surface area contributed by atoms with Crippen molar-refractivity contribution in [2.45, 2.75) is 44.8 Å². The van der Waals surface area contributed by atoms with Crippen molar-refractivity contribution >= 4 is 28.7 Å². The van der Waals surface area contributed by atoms with Crippen LogP contribution in [-0.4, -0.2) is 61.0 Å². The zero-order valence-corrected chi connectivity index (χ0v) is 20.9. The molecule has 194 valence electrons. The van der Waals surface area contributed by atoms with E-state index >= 15 is 0 Å². The zero-order valence-electron chi connectivity index (χ0n) is 20.9. The molecule has 0 unspecified atom stereocenters. The topological polar surface area (TPSA) is 112 Å². The van der Waals surface area contributed by atoms with E-state index in [1.807, 2.05) is 24.3 Å². The van der Waals surface area contributed by atoms with Crippen LogP contribution in [0.2, 0.25) is 0 Å². The van der Waals surface area contributed by atoms with Gasteiger partial charge in [0.2, 0.25) is 11.8 Å². The molecule has 1 saturated heterocycles. The Morgan fingerprint density at radius 1 is 1.16 bits per heavy atom. The van der Waals surface area contributed by atoms with Gasteiger partial charge in [0.25, 0.3) is 0 Å². The highest BCUT2D eigenvalue weighted by molar-refractivity contribution is 5.90. The monoisotopic (exact) mass is 506 g/mol. The largest absolute Gasteiger partial charge is 0.486 e. The van der Waals surface area contributed by atoms with Crippen molar-refractivity contribution in [3.05, 3.63) is 48.2 Å². The summed E-state index contributed by atoms with van der Waals surface area (Å²) in [6.45, 7) is 2.94. The molecule has 3 aromatic rings. The fourth-order valence-electron chi connectivity index (χ4n) is 4.75. The lowest BCUT2D eigenvalue weighted by Gasteiger charge is -2.21. The summed E-state index contributed by atoms with van der Waals surface area (Å²) >= 11 is 0. The molecule has 2 aliphatic heterocycles. The fourth-order valence-corrected chi connectivity index (χ4v) is 4.75. The third-order valence-corrected chi connectivity index (χ3v) is 6.57. The lowest BCUT2D eigenvalue weighted by molar-refractivity contribution is -0.119. The van der Waals surface area contributed by atoms with E-state index in [1.54, 1.807) is 30.3 Å². The van der Waals surface area contributed by atoms with Crippen LogP contribution in [0.3, 0.4) is 0 Å². The molecule has 0 bridgehead atoms. The minimum atomic E-state index is -0.388. The number of pyridine rings is 2. The number of ether oxygens (including phenoxy) is 4. The number of aromatic nitrogens is 2. The van der Waals surface area contributed by atoms with Crippen LogP contribution in [0.5, 0.6) is 17.4 Å². The number of anilines is 1. The number of rotatable bonds is 9. The Kier molecular flexibility index (Phi) is 7.25. The molecule has 4 heterocycles. The SMILES string of the molecule is COc1ccc2nccc(CC[C@@H](CC[C@H]3CN(c4ccc5c(c4)OCCO5)C(=O)O3)NC(C)=O)c2n1. The Morgan fingerprint density at radius 3 is 2.81 bits per heavy atom. The van der Waals surface area contributed by atoms with E-state index in [0.717, 1.165) is 16.6 Å². The Balaban J connectivity index is 1.21. The molecule has 1 fully saturated rings. The quantitative estimate of drug-likeness (QED) is 0.468. The van der Waals surface area contributed by atoms with Gasteiger partial charge in [-0.05, 0) is 55.5 Å². The van der Waals surface area contributed by atoms with Gasteiger partial charge in [0.15, 0.2) is 11.5 Å². The molecule has 2 aromatic heterocycles. The first-order valence-corrected chi connectivity index (χ1v) is 12.4. The summed E-state index contributed by atoms with van der Waals surface area (Å²) in [5.74, 6) is 1.74. The van der Waals surface area contributed by atoms with E-state index in [2.05, 4.69) is 15.3 Å². The van der Waals surface area contributed by atoms with Crippen LogP contribution in [0.1, 0.15) is 31.7 Å². The predicted molar refractivity (Wildman–Crippen MR) is 136 cm³/mol. The summed E-state index contributed by atoms with van der Waals surface area (Å²) in [6.07, 6.45) is 3.82. The van der Waals surface area contributed by atoms with Crippen LogP contribution in [0.25, 0.3) is 11.0 Å². The van der Waals surface area contributed by atoms with Gasteiger partial charge in [-0.3, -0.25) is 14.7 Å². The summed E-state index contributed by atoms with van der Waals surface area (Å²) in [6, 6.07) is 11.0. The molecule has 2 atom stereocenters. The van der Waals surface area contributed by atoms with E-state index < -0.39 is 0 Å². The highest BCUT2D eigenvalue weighted by Gasteiger charge is 2.33. The number of amides is 2. The van der Waals surface area contributed by atoms with Crippen LogP contribution >= 0.6 is 0 Å². The third-order valence-electron chi connectivity index (χ3n) is 6.57. The standard InChI is InChI=1S/C27H30N4O6/c1-17(32)29-19(4-3-18-11-12-28-22-8-10-25(34-2)30-26(18)22)5-7-21-16-31(27(33)37-21)20-6-9-23-24(15-20)36-14-13-35-23/h6,8-12,15,19,21H,3-5,7,13-14,16H2,1-2H3,(H,29,32)/t19-,21-/m0/s1. The van der Waals surface area contributed by atoms with E-state index in [-0.39, 0.29) is 24.1 Å². The number of cyclic esters (lactones) is 1. The second-order valence-corrected chi connectivity index (χ2v) is 9.15. The maximum atomic E-state index is 12.6. The maximum absolute atomic E-state index is 12.6. The summed E-state index contributed by atoms with van der Waals surface area (Å²) in [5.41, 5.74) is 3.34. The van der Waals surface area contributed by atoms with Crippen molar-refractivity contribution in [1.29, 1.82) is 0 Å². The molecule has 0 radical (unpaired) electrons. The number of methoxy groups -OCH3 is 1. The first kappa shape index (κ1) is 24.6. The maximum Gasteiger partial charge on any atom is 0.414 e. The summed E-state index contributed by atoms with van der Waals surface area (Å²) < 4.78 is 22.1. The molecule has 0 aliphatic carbocycles. The number of benzene rings is 1. The molecule has 10 nitrogen and oxygen atoms in total. The normalized spacial score (nSPS) is 17.4. The first-order chi connectivity index (χ1) is 18.0. The van der Waals surface area contributed by atoms with Crippen LogP contribution in [0.4, 0.5) is 10.5 Å². The number of fused-ring (bicyclic) bond motifs is 2. The van der Waals surface area contributed by atoms with Crippen LogP contribution < -0.4 is 24.4 Å². The zero-order chi connectivity index (χ0) is 25.8. The molecule has 2 amide bonds. The van der Waals surface area contributed by atoms with Crippen molar-refractivity contribution in [1.82, 2.24) is 15.3 Å². The highest BCUT2D eigenvalue weighted by atomic mass is 16.6. The number of nitrogens with zero attached hydrogens (tertiary/aromatic N) is 3. The van der Waals surface area contributed by atoms with Crippen molar-refractivity contribution in [3.63, 3.8) is 0 Å². The number of hydrogen-bond donors (Lipinski definition) is 1. The molecular formula is C27H30N4O6. The van der Waals surface area contributed by atoms with Gasteiger partial charge < -0.3 is 24.3 Å². The molecule has 10 heteroatoms. The van der Waals surface area contributed by atoms with Crippen LogP contribution in [0, 0.1) is 0 Å². The van der Waals surface area contributed by atoms with Gasteiger partial charge in [-0.15, -0.1) is 0 Å². The van der Waals surface area contributed by atoms with Gasteiger partial charge >= 0.3 is 6.09 Å². The molecule has 2 aliphatic rings. The number of hydrogen-bond acceptors (Lipinski definition) is 8. The Labute approximate surface area is 214 Å². The van der Waals surface area contributed by atoms with Crippen molar-refractivity contribution in [3.8, 4) is 17.4 Å². The summed E-state index contributed by atoms with van der Waals surface area (Å²) in [7, 11) is 1.59. The van der Waals surface area contributed by atoms with Crippen LogP contribution in [0.15, 0.2) is 42.6 Å². The second-order valence-electron chi connectivity index (χ2n) is 9.15. The molecule has 37 heavy (non-hydrogen) atoms. The summed E-state index contributed by atoms with van der Waals surface area (Å²) in [4.78, 5) is 35.1. The Bertz CT molecular complexity index is 1300. The van der Waals surface area contributed by atoms with E-state index in [1.165, 1.54) is 6.92 Å². The first-order valence-electron chi connectivity index (χ1n) is 12.4. The van der Waals surface area contributed by atoms with Gasteiger partial charge in [0, 0.05) is 31.3 Å². The molecule has 0 spiro atoms. The predicted octanol–water partition coefficient (Wildman–Crippen LogP) is 3.65. The fraction of sp³-hybridized carbons (Fsp3) is 0.407. The van der Waals surface area contributed by atoms with Crippen molar-refractivity contribution in [2.75, 3.05) is 31.8 Å². The number of nitrogens with one attached hydrogen (secondary N) is 1. The van der Waals surface area contributed by atoms with E-state index in [4.69, 9.17) is 18.9 Å². The van der Waals surface area contributed by atoms with Crippen LogP contribution in [-0.2, 0) is 16.0 Å². The van der Waals surface area contributed by atoms with E-state index in [0.29, 0.717) is 68.5 Å². The molecule has 0 saturated carbocycles. The average Bonchev–Trinajstić information content (AvgIpc) is 3.29. The minimum absolute atomic E-state index is 0.0756. The average molecular weight is 507 g/mol. The van der Waals surface area contributed by atoms with Gasteiger partial charge in [-0.1, -0.05) is 0 Å². The Morgan fingerprint density at radius 2 is 2.00 bits per heavy atom. The van der Waals surface area contributed by atoms with E-state index in [9.17, 15) is 9.59 Å². The number of carbonyl (C=O) groups is 2. The second kappa shape index (κ2) is 10.9. The molecule has 1 aromatic carbocycles. The van der Waals surface area contributed by atoms with Crippen molar-refractivity contribution < 1.29 is 28.5 Å². The van der Waals surface area contributed by atoms with Crippen molar-refractivity contribution in [2.24, 2.45) is 0 Å². The van der Waals surface area contributed by atoms with Gasteiger partial charge in [-0.25, -0.2) is 9.78 Å². The highest BCUT2D eigenvalue weighted by Crippen LogP contribution is 2.35. The molecule has 5 rings (SSSR count). The van der Waals surface area contributed by atoms with Gasteiger partial charge in [0.1, 0.15) is 19.3 Å². The number of carbonyl (C=O) groups excluding carboxylic acids is 2. The lowest BCUT2D eigenvalue weighted by Crippen LogP contribution is -2.34. The molecular weight excluding hydrogens is 476 g/mol. The van der Waals surface area contributed by atoms with Gasteiger partial charge in [-0.2, -0.15) is 0 Å². The Hall–Kier alpha value is -4.08. The smallest absolute Gasteiger partial charge is 0.414 e. The summed E-state index contributed by atoms with van der Waals surface area (Å²) in [5, 5.41) is 3.05. The molecule has 1 N–H and O–H groups in total. The third kappa shape index (κ3) is 5.68. The lowest BCUT2D eigenvalue weighted by atomic mass is 9.99. The minimum Gasteiger partial charge on any atom is -0.486 e.